The second kappa shape index (κ2) is 11.2. The van der Waals surface area contributed by atoms with Gasteiger partial charge in [0.2, 0.25) is 12.7 Å². The smallest absolute Gasteiger partial charge is 0.266 e. The van der Waals surface area contributed by atoms with Crippen LogP contribution in [0.4, 0.5) is 0 Å². The molecule has 12 heteroatoms. The number of nitrogens with one attached hydrogen (secondary N) is 2. The Labute approximate surface area is 212 Å². The molecule has 4 rings (SSSR count). The Kier molecular flexibility index (Phi) is 8.06. The van der Waals surface area contributed by atoms with Crippen molar-refractivity contribution in [3.05, 3.63) is 59.0 Å². The van der Waals surface area contributed by atoms with Gasteiger partial charge < -0.3 is 9.47 Å². The summed E-state index contributed by atoms with van der Waals surface area (Å²) in [6, 6.07) is 13.3. The average molecular weight is 534 g/mol. The lowest BCUT2D eigenvalue weighted by molar-refractivity contribution is -0.123. The van der Waals surface area contributed by atoms with E-state index >= 15 is 0 Å². The molecule has 2 aromatic rings. The Morgan fingerprint density at radius 3 is 2.66 bits per heavy atom. The van der Waals surface area contributed by atoms with Crippen LogP contribution in [0.1, 0.15) is 31.2 Å². The van der Waals surface area contributed by atoms with Gasteiger partial charge in [0.15, 0.2) is 11.5 Å². The molecule has 2 N–H and O–H groups in total. The largest absolute Gasteiger partial charge is 0.454 e. The summed E-state index contributed by atoms with van der Waals surface area (Å²) in [4.78, 5) is 29.0. The summed E-state index contributed by atoms with van der Waals surface area (Å²) in [6.45, 7) is 0.636. The standard InChI is InChI=1S/C23H23N3O6S3/c27-21(24-25-35(29,30)17-7-3-1-4-8-17)9-5-2-6-12-26-22(28)20(34-23(26)33)14-16-10-11-18-19(13-16)32-15-31-18/h1,3-4,7-8,10-11,13-14,25H,2,5-6,9,12,15H2,(H,24,27). The van der Waals surface area contributed by atoms with E-state index in [1.54, 1.807) is 35.2 Å². The van der Waals surface area contributed by atoms with E-state index in [9.17, 15) is 18.0 Å². The van der Waals surface area contributed by atoms with E-state index in [0.29, 0.717) is 46.5 Å². The number of unbranched alkanes of at least 4 members (excludes halogenated alkanes) is 2. The summed E-state index contributed by atoms with van der Waals surface area (Å²) < 4.78 is 35.4. The molecule has 0 atom stereocenters. The molecular formula is C23H23N3O6S3. The van der Waals surface area contributed by atoms with Crippen LogP contribution in [0.5, 0.6) is 11.5 Å². The van der Waals surface area contributed by atoms with Gasteiger partial charge in [0, 0.05) is 13.0 Å². The van der Waals surface area contributed by atoms with Crippen LogP contribution < -0.4 is 19.7 Å². The van der Waals surface area contributed by atoms with Crippen molar-refractivity contribution in [3.8, 4) is 11.5 Å². The van der Waals surface area contributed by atoms with Crippen molar-refractivity contribution < 1.29 is 27.5 Å². The first kappa shape index (κ1) is 25.2. The molecule has 184 valence electrons. The van der Waals surface area contributed by atoms with Crippen LogP contribution in [0.3, 0.4) is 0 Å². The topological polar surface area (TPSA) is 114 Å². The molecule has 2 amide bonds. The molecule has 0 bridgehead atoms. The van der Waals surface area contributed by atoms with Gasteiger partial charge in [0.05, 0.1) is 9.80 Å². The van der Waals surface area contributed by atoms with Crippen LogP contribution in [0.15, 0.2) is 58.3 Å². The van der Waals surface area contributed by atoms with Crippen LogP contribution in [0, 0.1) is 0 Å². The van der Waals surface area contributed by atoms with Crippen LogP contribution >= 0.6 is 24.0 Å². The molecule has 0 aliphatic carbocycles. The number of amides is 2. The minimum atomic E-state index is -3.81. The van der Waals surface area contributed by atoms with Crippen molar-refractivity contribution in [2.24, 2.45) is 0 Å². The minimum Gasteiger partial charge on any atom is -0.454 e. The fraction of sp³-hybridized carbons (Fsp3) is 0.261. The zero-order valence-electron chi connectivity index (χ0n) is 18.6. The number of hydrogen-bond donors (Lipinski definition) is 2. The van der Waals surface area contributed by atoms with E-state index in [2.05, 4.69) is 10.3 Å². The number of carbonyl (C=O) groups is 2. The zero-order chi connectivity index (χ0) is 24.8. The highest BCUT2D eigenvalue weighted by molar-refractivity contribution is 8.26. The van der Waals surface area contributed by atoms with Gasteiger partial charge in [-0.05, 0) is 48.7 Å². The van der Waals surface area contributed by atoms with Crippen molar-refractivity contribution in [2.75, 3.05) is 13.3 Å². The normalized spacial score (nSPS) is 16.2. The molecule has 1 fully saturated rings. The van der Waals surface area contributed by atoms with Crippen LogP contribution in [-0.2, 0) is 19.6 Å². The van der Waals surface area contributed by atoms with E-state index < -0.39 is 15.9 Å². The Bertz CT molecular complexity index is 1260. The van der Waals surface area contributed by atoms with Gasteiger partial charge in [0.25, 0.3) is 15.9 Å². The van der Waals surface area contributed by atoms with Crippen molar-refractivity contribution in [3.63, 3.8) is 0 Å². The summed E-state index contributed by atoms with van der Waals surface area (Å²) in [6.07, 6.45) is 3.81. The third-order valence-electron chi connectivity index (χ3n) is 5.23. The quantitative estimate of drug-likeness (QED) is 0.207. The Morgan fingerprint density at radius 2 is 1.86 bits per heavy atom. The highest BCUT2D eigenvalue weighted by Crippen LogP contribution is 2.36. The number of nitrogens with zero attached hydrogens (tertiary/aromatic N) is 1. The van der Waals surface area contributed by atoms with E-state index in [1.807, 2.05) is 12.1 Å². The maximum absolute atomic E-state index is 12.8. The van der Waals surface area contributed by atoms with Gasteiger partial charge in [-0.2, -0.15) is 0 Å². The van der Waals surface area contributed by atoms with E-state index in [-0.39, 0.29) is 24.0 Å². The summed E-state index contributed by atoms with van der Waals surface area (Å²) in [5.74, 6) is 0.746. The lowest BCUT2D eigenvalue weighted by Gasteiger charge is -2.14. The first-order valence-corrected chi connectivity index (χ1v) is 13.5. The Balaban J connectivity index is 1.19. The van der Waals surface area contributed by atoms with E-state index in [0.717, 1.165) is 5.56 Å². The number of thiocarbonyl (C=S) groups is 1. The molecule has 2 aromatic carbocycles. The fourth-order valence-electron chi connectivity index (χ4n) is 3.42. The summed E-state index contributed by atoms with van der Waals surface area (Å²) in [7, 11) is -3.81. The molecule has 2 aliphatic heterocycles. The monoisotopic (exact) mass is 533 g/mol. The van der Waals surface area contributed by atoms with E-state index in [4.69, 9.17) is 21.7 Å². The number of benzene rings is 2. The van der Waals surface area contributed by atoms with Gasteiger partial charge in [-0.25, -0.2) is 8.42 Å². The van der Waals surface area contributed by atoms with Crippen molar-refractivity contribution in [2.45, 2.75) is 30.6 Å². The molecule has 0 aromatic heterocycles. The number of fused-ring (bicyclic) bond motifs is 1. The second-order valence-corrected chi connectivity index (χ2v) is 11.1. The number of sulfonamides is 1. The summed E-state index contributed by atoms with van der Waals surface area (Å²) in [5, 5.41) is 0. The van der Waals surface area contributed by atoms with Gasteiger partial charge in [-0.1, -0.05) is 54.7 Å². The fourth-order valence-corrected chi connectivity index (χ4v) is 5.61. The first-order chi connectivity index (χ1) is 16.8. The average Bonchev–Trinajstić information content (AvgIpc) is 3.42. The molecule has 2 heterocycles. The third-order valence-corrected chi connectivity index (χ3v) is 7.87. The lowest BCUT2D eigenvalue weighted by atomic mass is 10.1. The third kappa shape index (κ3) is 6.40. The second-order valence-electron chi connectivity index (χ2n) is 7.72. The molecule has 2 aliphatic rings. The molecule has 35 heavy (non-hydrogen) atoms. The van der Waals surface area contributed by atoms with Gasteiger partial charge >= 0.3 is 0 Å². The zero-order valence-corrected chi connectivity index (χ0v) is 21.0. The molecular weight excluding hydrogens is 510 g/mol. The summed E-state index contributed by atoms with van der Waals surface area (Å²) in [5.41, 5.74) is 3.05. The molecule has 1 saturated heterocycles. The predicted molar refractivity (Wildman–Crippen MR) is 136 cm³/mol. The SMILES string of the molecule is O=C(CCCCCN1C(=O)C(=Cc2ccc3c(c2)OCO3)SC1=S)NNS(=O)(=O)c1ccccc1. The highest BCUT2D eigenvalue weighted by atomic mass is 32.2. The number of hydrazine groups is 1. The van der Waals surface area contributed by atoms with Crippen LogP contribution in [-0.4, -0.2) is 42.8 Å². The van der Waals surface area contributed by atoms with E-state index in [1.165, 1.54) is 23.9 Å². The van der Waals surface area contributed by atoms with Crippen LogP contribution in [0.25, 0.3) is 6.08 Å². The molecule has 0 unspecified atom stereocenters. The molecule has 9 nitrogen and oxygen atoms in total. The number of thioether (sulfide) groups is 1. The Hall–Kier alpha value is -2.93. The number of rotatable bonds is 10. The van der Waals surface area contributed by atoms with Crippen molar-refractivity contribution in [1.29, 1.82) is 0 Å². The van der Waals surface area contributed by atoms with Crippen molar-refractivity contribution >= 4 is 56.2 Å². The maximum atomic E-state index is 12.8. The van der Waals surface area contributed by atoms with Gasteiger partial charge in [-0.15, -0.1) is 4.83 Å². The molecule has 0 radical (unpaired) electrons. The predicted octanol–water partition coefficient (Wildman–Crippen LogP) is 3.19. The number of carbonyl (C=O) groups excluding carboxylic acids is 2. The van der Waals surface area contributed by atoms with Gasteiger partial charge in [0.1, 0.15) is 4.32 Å². The molecule has 0 saturated carbocycles. The summed E-state index contributed by atoms with van der Waals surface area (Å²) >= 11 is 6.63. The van der Waals surface area contributed by atoms with Crippen LogP contribution in [0.2, 0.25) is 0 Å². The molecule has 0 spiro atoms. The first-order valence-electron chi connectivity index (χ1n) is 10.8. The van der Waals surface area contributed by atoms with Gasteiger partial charge in [-0.3, -0.25) is 19.9 Å². The maximum Gasteiger partial charge on any atom is 0.266 e. The lowest BCUT2D eigenvalue weighted by Crippen LogP contribution is -2.41. The number of hydrogen-bond acceptors (Lipinski definition) is 8. The minimum absolute atomic E-state index is 0.0661. The van der Waals surface area contributed by atoms with Crippen molar-refractivity contribution in [1.82, 2.24) is 15.2 Å². The Morgan fingerprint density at radius 1 is 1.09 bits per heavy atom. The highest BCUT2D eigenvalue weighted by Gasteiger charge is 2.31. The number of ether oxygens (including phenoxy) is 2.